The number of hydrogen-bond donors (Lipinski definition) is 0. The van der Waals surface area contributed by atoms with Crippen LogP contribution in [0.1, 0.15) is 21.8 Å². The van der Waals surface area contributed by atoms with Gasteiger partial charge in [0.15, 0.2) is 0 Å². The first-order valence-electron chi connectivity index (χ1n) is 7.84. The molecule has 4 rings (SSSR count). The molecule has 4 aromatic rings. The molecule has 3 aromatic heterocycles. The number of rotatable bonds is 3. The molecule has 0 N–H and O–H groups in total. The number of aromatic nitrogens is 4. The standard InChI is InChI=1S/C18H16N4OS2/c1-9-7-5-6-8-13(9)15-21-22-18(23-15)25-17-14-10(2)11(3)24-16(14)19-12(4)20-17/h5-8H,1-4H3. The molecule has 0 aliphatic heterocycles. The molecule has 0 saturated heterocycles. The Morgan fingerprint density at radius 1 is 1.00 bits per heavy atom. The number of hydrogen-bond acceptors (Lipinski definition) is 7. The van der Waals surface area contributed by atoms with Crippen LogP contribution in [0.2, 0.25) is 0 Å². The Morgan fingerprint density at radius 3 is 2.60 bits per heavy atom. The quantitative estimate of drug-likeness (QED) is 0.467. The van der Waals surface area contributed by atoms with Crippen molar-refractivity contribution >= 4 is 33.3 Å². The van der Waals surface area contributed by atoms with E-state index in [9.17, 15) is 0 Å². The molecule has 0 aliphatic carbocycles. The van der Waals surface area contributed by atoms with Gasteiger partial charge in [-0.1, -0.05) is 18.2 Å². The second-order valence-corrected chi connectivity index (χ2v) is 7.97. The van der Waals surface area contributed by atoms with Crippen molar-refractivity contribution < 1.29 is 4.42 Å². The van der Waals surface area contributed by atoms with Gasteiger partial charge in [0.05, 0.1) is 0 Å². The molecule has 0 bridgehead atoms. The maximum atomic E-state index is 5.87. The Kier molecular flexibility index (Phi) is 4.05. The molecule has 0 aliphatic rings. The number of benzene rings is 1. The molecule has 126 valence electrons. The molecule has 0 spiro atoms. The highest BCUT2D eigenvalue weighted by molar-refractivity contribution is 7.99. The third-order valence-corrected chi connectivity index (χ3v) is 6.00. The maximum absolute atomic E-state index is 5.87. The van der Waals surface area contributed by atoms with E-state index in [1.54, 1.807) is 11.3 Å². The van der Waals surface area contributed by atoms with E-state index < -0.39 is 0 Å². The van der Waals surface area contributed by atoms with E-state index >= 15 is 0 Å². The van der Waals surface area contributed by atoms with Crippen LogP contribution in [-0.2, 0) is 0 Å². The molecule has 0 amide bonds. The Labute approximate surface area is 153 Å². The topological polar surface area (TPSA) is 64.7 Å². The molecular weight excluding hydrogens is 352 g/mol. The summed E-state index contributed by atoms with van der Waals surface area (Å²) < 4.78 is 5.87. The van der Waals surface area contributed by atoms with E-state index in [4.69, 9.17) is 4.42 Å². The average molecular weight is 368 g/mol. The van der Waals surface area contributed by atoms with Crippen LogP contribution in [-0.4, -0.2) is 20.2 Å². The molecule has 1 aromatic carbocycles. The van der Waals surface area contributed by atoms with E-state index in [-0.39, 0.29) is 0 Å². The van der Waals surface area contributed by atoms with Crippen molar-refractivity contribution in [3.8, 4) is 11.5 Å². The molecule has 0 fully saturated rings. The first kappa shape index (κ1) is 16.2. The van der Waals surface area contributed by atoms with Crippen molar-refractivity contribution in [3.05, 3.63) is 46.1 Å². The summed E-state index contributed by atoms with van der Waals surface area (Å²) in [6.45, 7) is 8.14. The van der Waals surface area contributed by atoms with Gasteiger partial charge in [0, 0.05) is 15.8 Å². The fraction of sp³-hybridized carbons (Fsp3) is 0.222. The first-order valence-corrected chi connectivity index (χ1v) is 9.48. The van der Waals surface area contributed by atoms with Crippen molar-refractivity contribution in [2.45, 2.75) is 37.9 Å². The lowest BCUT2D eigenvalue weighted by molar-refractivity contribution is 0.465. The summed E-state index contributed by atoms with van der Waals surface area (Å²) in [6.07, 6.45) is 0. The lowest BCUT2D eigenvalue weighted by atomic mass is 10.1. The number of aryl methyl sites for hydroxylation is 4. The van der Waals surface area contributed by atoms with Crippen molar-refractivity contribution in [3.63, 3.8) is 0 Å². The van der Waals surface area contributed by atoms with Crippen LogP contribution in [0.5, 0.6) is 0 Å². The number of nitrogens with zero attached hydrogens (tertiary/aromatic N) is 4. The monoisotopic (exact) mass is 368 g/mol. The van der Waals surface area contributed by atoms with Gasteiger partial charge < -0.3 is 4.42 Å². The molecule has 3 heterocycles. The van der Waals surface area contributed by atoms with Gasteiger partial charge in [0.1, 0.15) is 15.7 Å². The van der Waals surface area contributed by atoms with Crippen LogP contribution in [0.15, 0.2) is 38.9 Å². The Balaban J connectivity index is 1.74. The second kappa shape index (κ2) is 6.24. The summed E-state index contributed by atoms with van der Waals surface area (Å²) in [7, 11) is 0. The lowest BCUT2D eigenvalue weighted by Gasteiger charge is -2.02. The zero-order chi connectivity index (χ0) is 17.6. The Bertz CT molecular complexity index is 1080. The Morgan fingerprint density at radius 2 is 1.80 bits per heavy atom. The van der Waals surface area contributed by atoms with Crippen molar-refractivity contribution in [2.75, 3.05) is 0 Å². The number of fused-ring (bicyclic) bond motifs is 1. The lowest BCUT2D eigenvalue weighted by Crippen LogP contribution is -1.91. The van der Waals surface area contributed by atoms with Gasteiger partial charge in [-0.25, -0.2) is 9.97 Å². The van der Waals surface area contributed by atoms with Crippen LogP contribution < -0.4 is 0 Å². The van der Waals surface area contributed by atoms with E-state index in [2.05, 4.69) is 34.0 Å². The predicted octanol–water partition coefficient (Wildman–Crippen LogP) is 5.13. The molecular formula is C18H16N4OS2. The second-order valence-electron chi connectivity index (χ2n) is 5.83. The van der Waals surface area contributed by atoms with Gasteiger partial charge in [0.2, 0.25) is 5.89 Å². The normalized spacial score (nSPS) is 11.4. The van der Waals surface area contributed by atoms with Crippen molar-refractivity contribution in [1.29, 1.82) is 0 Å². The smallest absolute Gasteiger partial charge is 0.283 e. The van der Waals surface area contributed by atoms with E-state index in [0.717, 1.165) is 32.2 Å². The highest BCUT2D eigenvalue weighted by atomic mass is 32.2. The summed E-state index contributed by atoms with van der Waals surface area (Å²) in [5.41, 5.74) is 3.27. The Hall–Kier alpha value is -2.25. The zero-order valence-corrected chi connectivity index (χ0v) is 16.0. The minimum Gasteiger partial charge on any atom is -0.411 e. The third kappa shape index (κ3) is 2.94. The van der Waals surface area contributed by atoms with Crippen LogP contribution in [0, 0.1) is 27.7 Å². The summed E-state index contributed by atoms with van der Waals surface area (Å²) in [5.74, 6) is 1.27. The van der Waals surface area contributed by atoms with Gasteiger partial charge >= 0.3 is 0 Å². The molecule has 0 unspecified atom stereocenters. The minimum absolute atomic E-state index is 0.487. The largest absolute Gasteiger partial charge is 0.411 e. The highest BCUT2D eigenvalue weighted by Gasteiger charge is 2.18. The molecule has 0 atom stereocenters. The van der Waals surface area contributed by atoms with Gasteiger partial charge in [0.25, 0.3) is 5.22 Å². The summed E-state index contributed by atoms with van der Waals surface area (Å²) >= 11 is 3.09. The minimum atomic E-state index is 0.487. The van der Waals surface area contributed by atoms with Gasteiger partial charge in [-0.15, -0.1) is 21.5 Å². The fourth-order valence-corrected chi connectivity index (χ4v) is 4.68. The summed E-state index contributed by atoms with van der Waals surface area (Å²) in [5, 5.41) is 10.8. The summed E-state index contributed by atoms with van der Waals surface area (Å²) in [6, 6.07) is 7.97. The highest BCUT2D eigenvalue weighted by Crippen LogP contribution is 2.38. The van der Waals surface area contributed by atoms with Crippen molar-refractivity contribution in [2.24, 2.45) is 0 Å². The van der Waals surface area contributed by atoms with Crippen molar-refractivity contribution in [1.82, 2.24) is 20.2 Å². The number of thiophene rings is 1. The van der Waals surface area contributed by atoms with Crippen LogP contribution in [0.25, 0.3) is 21.7 Å². The van der Waals surface area contributed by atoms with Crippen LogP contribution >= 0.6 is 23.1 Å². The van der Waals surface area contributed by atoms with Crippen LogP contribution in [0.3, 0.4) is 0 Å². The average Bonchev–Trinajstić information content (AvgIpc) is 3.13. The van der Waals surface area contributed by atoms with E-state index in [1.807, 2.05) is 38.1 Å². The summed E-state index contributed by atoms with van der Waals surface area (Å²) in [4.78, 5) is 11.4. The predicted molar refractivity (Wildman–Crippen MR) is 100 cm³/mol. The van der Waals surface area contributed by atoms with Gasteiger partial charge in [-0.3, -0.25) is 0 Å². The van der Waals surface area contributed by atoms with E-state index in [0.29, 0.717) is 11.1 Å². The third-order valence-electron chi connectivity index (χ3n) is 4.07. The maximum Gasteiger partial charge on any atom is 0.283 e. The molecule has 0 radical (unpaired) electrons. The molecule has 0 saturated carbocycles. The SMILES string of the molecule is Cc1nc(Sc2nnc(-c3ccccc3C)o2)c2c(C)c(C)sc2n1. The zero-order valence-electron chi connectivity index (χ0n) is 14.3. The molecule has 25 heavy (non-hydrogen) atoms. The first-order chi connectivity index (χ1) is 12.0. The van der Waals surface area contributed by atoms with Crippen LogP contribution in [0.4, 0.5) is 0 Å². The van der Waals surface area contributed by atoms with E-state index in [1.165, 1.54) is 22.2 Å². The van der Waals surface area contributed by atoms with Gasteiger partial charge in [-0.05, 0) is 56.7 Å². The molecule has 5 nitrogen and oxygen atoms in total. The van der Waals surface area contributed by atoms with Gasteiger partial charge in [-0.2, -0.15) is 0 Å². The molecule has 7 heteroatoms. The fourth-order valence-electron chi connectivity index (χ4n) is 2.64.